The number of rotatable bonds is 6. The van der Waals surface area contributed by atoms with Crippen molar-refractivity contribution < 1.29 is 13.2 Å². The molecule has 1 aromatic carbocycles. The van der Waals surface area contributed by atoms with Crippen LogP contribution in [0.2, 0.25) is 0 Å². The van der Waals surface area contributed by atoms with E-state index in [0.717, 1.165) is 18.4 Å². The van der Waals surface area contributed by atoms with Crippen molar-refractivity contribution in [2.45, 2.75) is 30.7 Å². The average Bonchev–Trinajstić information content (AvgIpc) is 3.20. The number of nitrogens with one attached hydrogen (secondary N) is 1. The number of methoxy groups -OCH3 is 1. The van der Waals surface area contributed by atoms with Crippen LogP contribution in [-0.2, 0) is 10.0 Å². The first kappa shape index (κ1) is 14.3. The zero-order chi connectivity index (χ0) is 14.0. The van der Waals surface area contributed by atoms with E-state index in [1.54, 1.807) is 19.2 Å². The standard InChI is InChI=1S/C13H20N2O3S/c1-9-7-11(5-6-13(9)18-2)19(16,17)15-8-12(14)10-3-4-10/h5-7,10,12,15H,3-4,8,14H2,1-2H3. The van der Waals surface area contributed by atoms with Gasteiger partial charge in [0, 0.05) is 12.6 Å². The Morgan fingerprint density at radius 1 is 1.47 bits per heavy atom. The summed E-state index contributed by atoms with van der Waals surface area (Å²) in [6.07, 6.45) is 2.20. The maximum absolute atomic E-state index is 12.1. The molecule has 1 fully saturated rings. The van der Waals surface area contributed by atoms with Gasteiger partial charge in [0.25, 0.3) is 0 Å². The predicted molar refractivity (Wildman–Crippen MR) is 73.6 cm³/mol. The van der Waals surface area contributed by atoms with Gasteiger partial charge in [-0.3, -0.25) is 0 Å². The van der Waals surface area contributed by atoms with Crippen LogP contribution in [0.15, 0.2) is 23.1 Å². The monoisotopic (exact) mass is 284 g/mol. The van der Waals surface area contributed by atoms with Gasteiger partial charge >= 0.3 is 0 Å². The Balaban J connectivity index is 2.07. The largest absolute Gasteiger partial charge is 0.496 e. The molecule has 2 rings (SSSR count). The van der Waals surface area contributed by atoms with Crippen LogP contribution < -0.4 is 15.2 Å². The molecule has 1 saturated carbocycles. The molecule has 5 nitrogen and oxygen atoms in total. The van der Waals surface area contributed by atoms with Crippen LogP contribution in [0.5, 0.6) is 5.75 Å². The van der Waals surface area contributed by atoms with Gasteiger partial charge in [0.05, 0.1) is 12.0 Å². The summed E-state index contributed by atoms with van der Waals surface area (Å²) in [4.78, 5) is 0.244. The fourth-order valence-corrected chi connectivity index (χ4v) is 3.16. The van der Waals surface area contributed by atoms with E-state index in [9.17, 15) is 8.42 Å². The molecule has 0 aliphatic heterocycles. The fourth-order valence-electron chi connectivity index (χ4n) is 2.00. The Bertz CT molecular complexity index is 553. The topological polar surface area (TPSA) is 81.4 Å². The van der Waals surface area contributed by atoms with Gasteiger partial charge < -0.3 is 10.5 Å². The number of hydrogen-bond donors (Lipinski definition) is 2. The fraction of sp³-hybridized carbons (Fsp3) is 0.538. The van der Waals surface area contributed by atoms with Crippen LogP contribution in [0.4, 0.5) is 0 Å². The summed E-state index contributed by atoms with van der Waals surface area (Å²) >= 11 is 0. The normalized spacial score (nSPS) is 17.2. The minimum Gasteiger partial charge on any atom is -0.496 e. The predicted octanol–water partition coefficient (Wildman–Crippen LogP) is 1.02. The maximum Gasteiger partial charge on any atom is 0.240 e. The van der Waals surface area contributed by atoms with Crippen molar-refractivity contribution in [2.24, 2.45) is 11.7 Å². The molecule has 6 heteroatoms. The van der Waals surface area contributed by atoms with Crippen molar-refractivity contribution in [2.75, 3.05) is 13.7 Å². The highest BCUT2D eigenvalue weighted by Gasteiger charge is 2.29. The quantitative estimate of drug-likeness (QED) is 0.817. The van der Waals surface area contributed by atoms with Gasteiger partial charge in [-0.1, -0.05) is 0 Å². The molecule has 3 N–H and O–H groups in total. The molecule has 0 bridgehead atoms. The van der Waals surface area contributed by atoms with E-state index >= 15 is 0 Å². The maximum atomic E-state index is 12.1. The van der Waals surface area contributed by atoms with Crippen LogP contribution in [0.1, 0.15) is 18.4 Å². The smallest absolute Gasteiger partial charge is 0.240 e. The Labute approximate surface area is 114 Å². The highest BCUT2D eigenvalue weighted by molar-refractivity contribution is 7.89. The summed E-state index contributed by atoms with van der Waals surface area (Å²) in [7, 11) is -1.94. The van der Waals surface area contributed by atoms with E-state index in [2.05, 4.69) is 4.72 Å². The van der Waals surface area contributed by atoms with Gasteiger partial charge in [-0.25, -0.2) is 13.1 Å². The molecule has 1 aromatic rings. The van der Waals surface area contributed by atoms with Crippen LogP contribution in [0.3, 0.4) is 0 Å². The summed E-state index contributed by atoms with van der Waals surface area (Å²) in [5.74, 6) is 1.15. The van der Waals surface area contributed by atoms with Crippen LogP contribution in [0.25, 0.3) is 0 Å². The summed E-state index contributed by atoms with van der Waals surface area (Å²) < 4.78 is 31.9. The van der Waals surface area contributed by atoms with Crippen LogP contribution in [-0.4, -0.2) is 28.1 Å². The van der Waals surface area contributed by atoms with Crippen molar-refractivity contribution in [1.29, 1.82) is 0 Å². The highest BCUT2D eigenvalue weighted by Crippen LogP contribution is 2.31. The molecule has 0 radical (unpaired) electrons. The van der Waals surface area contributed by atoms with E-state index in [0.29, 0.717) is 11.7 Å². The number of nitrogens with two attached hydrogens (primary N) is 1. The molecular formula is C13H20N2O3S. The first-order valence-corrected chi connectivity index (χ1v) is 7.82. The van der Waals surface area contributed by atoms with Crippen molar-refractivity contribution in [3.05, 3.63) is 23.8 Å². The zero-order valence-corrected chi connectivity index (χ0v) is 12.0. The number of ether oxygens (including phenoxy) is 1. The second kappa shape index (κ2) is 5.48. The molecule has 1 unspecified atom stereocenters. The van der Waals surface area contributed by atoms with Crippen molar-refractivity contribution in [3.63, 3.8) is 0 Å². The summed E-state index contributed by atoms with van der Waals surface area (Å²) in [6.45, 7) is 2.10. The van der Waals surface area contributed by atoms with Crippen molar-refractivity contribution >= 4 is 10.0 Å². The third kappa shape index (κ3) is 3.46. The van der Waals surface area contributed by atoms with Crippen molar-refractivity contribution in [1.82, 2.24) is 4.72 Å². The molecule has 0 aromatic heterocycles. The number of aryl methyl sites for hydroxylation is 1. The Morgan fingerprint density at radius 2 is 2.16 bits per heavy atom. The minimum absolute atomic E-state index is 0.0888. The second-order valence-electron chi connectivity index (χ2n) is 4.98. The first-order valence-electron chi connectivity index (χ1n) is 6.34. The summed E-state index contributed by atoms with van der Waals surface area (Å²) in [6, 6.07) is 4.71. The molecular weight excluding hydrogens is 264 g/mol. The molecule has 0 saturated heterocycles. The van der Waals surface area contributed by atoms with E-state index in [4.69, 9.17) is 10.5 Å². The average molecular weight is 284 g/mol. The minimum atomic E-state index is -3.49. The Kier molecular flexibility index (Phi) is 4.13. The van der Waals surface area contributed by atoms with Gasteiger partial charge in [0.1, 0.15) is 5.75 Å². The van der Waals surface area contributed by atoms with E-state index in [1.165, 1.54) is 6.07 Å². The third-order valence-electron chi connectivity index (χ3n) is 3.41. The van der Waals surface area contributed by atoms with Crippen molar-refractivity contribution in [3.8, 4) is 5.75 Å². The molecule has 1 aliphatic carbocycles. The third-order valence-corrected chi connectivity index (χ3v) is 4.83. The molecule has 0 spiro atoms. The number of benzene rings is 1. The second-order valence-corrected chi connectivity index (χ2v) is 6.75. The molecule has 1 atom stereocenters. The van der Waals surface area contributed by atoms with E-state index < -0.39 is 10.0 Å². The Morgan fingerprint density at radius 3 is 2.68 bits per heavy atom. The lowest BCUT2D eigenvalue weighted by Gasteiger charge is -2.13. The first-order chi connectivity index (χ1) is 8.94. The molecule has 0 amide bonds. The summed E-state index contributed by atoms with van der Waals surface area (Å²) in [5.41, 5.74) is 6.68. The number of sulfonamides is 1. The molecule has 19 heavy (non-hydrogen) atoms. The number of hydrogen-bond acceptors (Lipinski definition) is 4. The molecule has 1 aliphatic rings. The molecule has 0 heterocycles. The van der Waals surface area contributed by atoms with Crippen LogP contribution >= 0.6 is 0 Å². The Hall–Kier alpha value is -1.11. The van der Waals surface area contributed by atoms with Gasteiger partial charge in [-0.15, -0.1) is 0 Å². The van der Waals surface area contributed by atoms with E-state index in [-0.39, 0.29) is 17.5 Å². The van der Waals surface area contributed by atoms with E-state index in [1.807, 2.05) is 6.92 Å². The molecule has 106 valence electrons. The SMILES string of the molecule is COc1ccc(S(=O)(=O)NCC(N)C2CC2)cc1C. The zero-order valence-electron chi connectivity index (χ0n) is 11.2. The van der Waals surface area contributed by atoms with Gasteiger partial charge in [-0.05, 0) is 49.4 Å². The van der Waals surface area contributed by atoms with Gasteiger partial charge in [0.2, 0.25) is 10.0 Å². The lowest BCUT2D eigenvalue weighted by molar-refractivity contribution is 0.411. The van der Waals surface area contributed by atoms with Crippen LogP contribution in [0, 0.1) is 12.8 Å². The lowest BCUT2D eigenvalue weighted by atomic mass is 10.2. The van der Waals surface area contributed by atoms with Gasteiger partial charge in [0.15, 0.2) is 0 Å². The summed E-state index contributed by atoms with van der Waals surface area (Å²) in [5, 5.41) is 0. The highest BCUT2D eigenvalue weighted by atomic mass is 32.2. The lowest BCUT2D eigenvalue weighted by Crippen LogP contribution is -2.38. The van der Waals surface area contributed by atoms with Gasteiger partial charge in [-0.2, -0.15) is 0 Å².